The fraction of sp³-hybridized carbons (Fsp3) is 0.176. The van der Waals surface area contributed by atoms with Gasteiger partial charge in [-0.05, 0) is 59.0 Å². The van der Waals surface area contributed by atoms with Crippen LogP contribution in [0, 0.1) is 3.57 Å². The van der Waals surface area contributed by atoms with Gasteiger partial charge < -0.3 is 19.5 Å². The molecule has 0 aliphatic carbocycles. The monoisotopic (exact) mass is 441 g/mol. The lowest BCUT2D eigenvalue weighted by Crippen LogP contribution is -2.21. The van der Waals surface area contributed by atoms with Gasteiger partial charge in [0.25, 0.3) is 5.91 Å². The first-order valence-electron chi connectivity index (χ1n) is 6.97. The summed E-state index contributed by atoms with van der Waals surface area (Å²) in [6.07, 6.45) is 0. The third-order valence-corrected chi connectivity index (χ3v) is 3.77. The Morgan fingerprint density at radius 3 is 2.12 bits per heavy atom. The van der Waals surface area contributed by atoms with Crippen LogP contribution < -0.4 is 14.8 Å². The maximum absolute atomic E-state index is 12.1. The van der Waals surface area contributed by atoms with E-state index >= 15 is 0 Å². The average Bonchev–Trinajstić information content (AvgIpc) is 2.61. The molecule has 2 aromatic rings. The van der Waals surface area contributed by atoms with Gasteiger partial charge in [-0.3, -0.25) is 4.79 Å². The van der Waals surface area contributed by atoms with Crippen LogP contribution in [0.5, 0.6) is 11.5 Å². The minimum Gasteiger partial charge on any atom is -0.497 e. The number of amides is 1. The fourth-order valence-electron chi connectivity index (χ4n) is 1.87. The van der Waals surface area contributed by atoms with E-state index in [0.29, 0.717) is 17.2 Å². The molecule has 0 radical (unpaired) electrons. The summed E-state index contributed by atoms with van der Waals surface area (Å²) in [5.41, 5.74) is 0.882. The van der Waals surface area contributed by atoms with Gasteiger partial charge in [0.15, 0.2) is 6.61 Å². The second-order valence-electron chi connectivity index (χ2n) is 4.73. The molecule has 0 aliphatic rings. The molecule has 0 aliphatic heterocycles. The summed E-state index contributed by atoms with van der Waals surface area (Å²) in [5, 5.41) is 2.65. The molecule has 2 rings (SSSR count). The molecule has 0 atom stereocenters. The highest BCUT2D eigenvalue weighted by molar-refractivity contribution is 14.1. The van der Waals surface area contributed by atoms with Crippen molar-refractivity contribution in [3.63, 3.8) is 0 Å². The molecule has 24 heavy (non-hydrogen) atoms. The molecule has 0 saturated heterocycles. The Bertz CT molecular complexity index is 708. The number of halogens is 1. The van der Waals surface area contributed by atoms with Crippen LogP contribution in [0.3, 0.4) is 0 Å². The van der Waals surface area contributed by atoms with Crippen molar-refractivity contribution in [3.05, 3.63) is 51.6 Å². The minimum atomic E-state index is -0.634. The average molecular weight is 441 g/mol. The molecular weight excluding hydrogens is 425 g/mol. The lowest BCUT2D eigenvalue weighted by atomic mass is 10.2. The Morgan fingerprint density at radius 1 is 1.00 bits per heavy atom. The van der Waals surface area contributed by atoms with Crippen LogP contribution in [-0.4, -0.2) is 32.7 Å². The number of carbonyl (C=O) groups excluding carboxylic acids is 2. The van der Waals surface area contributed by atoms with Crippen molar-refractivity contribution < 1.29 is 23.8 Å². The lowest BCUT2D eigenvalue weighted by molar-refractivity contribution is -0.119. The predicted octanol–water partition coefficient (Wildman–Crippen LogP) is 3.10. The lowest BCUT2D eigenvalue weighted by Gasteiger charge is -2.09. The number of esters is 1. The molecule has 0 aromatic heterocycles. The summed E-state index contributed by atoms with van der Waals surface area (Å²) in [4.78, 5) is 23.9. The number of anilines is 1. The summed E-state index contributed by atoms with van der Waals surface area (Å²) < 4.78 is 16.3. The SMILES string of the molecule is COc1cc(OC)cc(C(=O)OCC(=O)Nc2ccc(I)cc2)c1. The Morgan fingerprint density at radius 2 is 1.58 bits per heavy atom. The number of rotatable bonds is 6. The molecule has 0 saturated carbocycles. The Hall–Kier alpha value is -2.29. The van der Waals surface area contributed by atoms with E-state index in [1.807, 2.05) is 12.1 Å². The van der Waals surface area contributed by atoms with Crippen LogP contribution >= 0.6 is 22.6 Å². The van der Waals surface area contributed by atoms with Crippen molar-refractivity contribution in [1.82, 2.24) is 0 Å². The number of methoxy groups -OCH3 is 2. The van der Waals surface area contributed by atoms with E-state index in [1.165, 1.54) is 26.4 Å². The first kappa shape index (κ1) is 18.1. The zero-order valence-corrected chi connectivity index (χ0v) is 15.3. The highest BCUT2D eigenvalue weighted by atomic mass is 127. The van der Waals surface area contributed by atoms with E-state index in [9.17, 15) is 9.59 Å². The van der Waals surface area contributed by atoms with Gasteiger partial charge in [-0.25, -0.2) is 4.79 Å². The summed E-state index contributed by atoms with van der Waals surface area (Å²) >= 11 is 2.17. The summed E-state index contributed by atoms with van der Waals surface area (Å²) in [5.74, 6) is -0.126. The standard InChI is InChI=1S/C17H16INO5/c1-22-14-7-11(8-15(9-14)23-2)17(21)24-10-16(20)19-13-5-3-12(18)4-6-13/h3-9H,10H2,1-2H3,(H,19,20). The van der Waals surface area contributed by atoms with Gasteiger partial charge in [0, 0.05) is 15.3 Å². The number of hydrogen-bond donors (Lipinski definition) is 1. The normalized spacial score (nSPS) is 9.96. The second kappa shape index (κ2) is 8.53. The maximum atomic E-state index is 12.1. The molecule has 1 amide bonds. The number of benzene rings is 2. The van der Waals surface area contributed by atoms with Crippen molar-refractivity contribution in [3.8, 4) is 11.5 Å². The highest BCUT2D eigenvalue weighted by Gasteiger charge is 2.13. The molecule has 0 unspecified atom stereocenters. The van der Waals surface area contributed by atoms with Gasteiger partial charge in [-0.2, -0.15) is 0 Å². The van der Waals surface area contributed by atoms with Crippen molar-refractivity contribution in [2.24, 2.45) is 0 Å². The second-order valence-corrected chi connectivity index (χ2v) is 5.98. The maximum Gasteiger partial charge on any atom is 0.338 e. The van der Waals surface area contributed by atoms with Crippen LogP contribution in [0.1, 0.15) is 10.4 Å². The first-order chi connectivity index (χ1) is 11.5. The van der Waals surface area contributed by atoms with Gasteiger partial charge in [0.05, 0.1) is 19.8 Å². The topological polar surface area (TPSA) is 73.9 Å². The first-order valence-corrected chi connectivity index (χ1v) is 8.05. The molecule has 1 N–H and O–H groups in total. The van der Waals surface area contributed by atoms with Crippen molar-refractivity contribution in [2.45, 2.75) is 0 Å². The van der Waals surface area contributed by atoms with Crippen molar-refractivity contribution >= 4 is 40.2 Å². The van der Waals surface area contributed by atoms with E-state index in [-0.39, 0.29) is 12.2 Å². The molecule has 126 valence electrons. The van der Waals surface area contributed by atoms with Crippen LogP contribution in [0.25, 0.3) is 0 Å². The fourth-order valence-corrected chi connectivity index (χ4v) is 2.23. The quantitative estimate of drug-likeness (QED) is 0.551. The van der Waals surface area contributed by atoms with E-state index in [1.54, 1.807) is 18.2 Å². The zero-order chi connectivity index (χ0) is 17.5. The molecule has 2 aromatic carbocycles. The minimum absolute atomic E-state index is 0.244. The van der Waals surface area contributed by atoms with Crippen LogP contribution in [-0.2, 0) is 9.53 Å². The van der Waals surface area contributed by atoms with Gasteiger partial charge in [-0.15, -0.1) is 0 Å². The largest absolute Gasteiger partial charge is 0.497 e. The highest BCUT2D eigenvalue weighted by Crippen LogP contribution is 2.23. The Kier molecular flexibility index (Phi) is 6.42. The van der Waals surface area contributed by atoms with Crippen LogP contribution in [0.2, 0.25) is 0 Å². The molecule has 0 heterocycles. The Balaban J connectivity index is 1.94. The van der Waals surface area contributed by atoms with Crippen LogP contribution in [0.4, 0.5) is 5.69 Å². The van der Waals surface area contributed by atoms with Gasteiger partial charge in [0.1, 0.15) is 11.5 Å². The number of hydrogen-bond acceptors (Lipinski definition) is 5. The third-order valence-electron chi connectivity index (χ3n) is 3.05. The van der Waals surface area contributed by atoms with Crippen LogP contribution in [0.15, 0.2) is 42.5 Å². The van der Waals surface area contributed by atoms with Gasteiger partial charge in [-0.1, -0.05) is 0 Å². The van der Waals surface area contributed by atoms with E-state index in [2.05, 4.69) is 27.9 Å². The summed E-state index contributed by atoms with van der Waals surface area (Å²) in [6, 6.07) is 11.9. The van der Waals surface area contributed by atoms with E-state index in [0.717, 1.165) is 3.57 Å². The summed E-state index contributed by atoms with van der Waals surface area (Å²) in [6.45, 7) is -0.385. The zero-order valence-electron chi connectivity index (χ0n) is 13.2. The third kappa shape index (κ3) is 5.12. The Labute approximate surface area is 153 Å². The number of carbonyl (C=O) groups is 2. The molecule has 0 fully saturated rings. The molecule has 0 spiro atoms. The molecule has 7 heteroatoms. The smallest absolute Gasteiger partial charge is 0.338 e. The van der Waals surface area contributed by atoms with E-state index < -0.39 is 11.9 Å². The van der Waals surface area contributed by atoms with Crippen molar-refractivity contribution in [2.75, 3.05) is 26.1 Å². The van der Waals surface area contributed by atoms with Gasteiger partial charge in [0.2, 0.25) is 0 Å². The van der Waals surface area contributed by atoms with Crippen molar-refractivity contribution in [1.29, 1.82) is 0 Å². The molecule has 0 bridgehead atoms. The number of nitrogens with one attached hydrogen (secondary N) is 1. The summed E-state index contributed by atoms with van der Waals surface area (Å²) in [7, 11) is 2.97. The molecule has 6 nitrogen and oxygen atoms in total. The molecular formula is C17H16INO5. The number of ether oxygens (including phenoxy) is 3. The predicted molar refractivity (Wildman–Crippen MR) is 97.6 cm³/mol. The van der Waals surface area contributed by atoms with Gasteiger partial charge >= 0.3 is 5.97 Å². The van der Waals surface area contributed by atoms with E-state index in [4.69, 9.17) is 14.2 Å².